The second-order valence-electron chi connectivity index (χ2n) is 9.96. The molecule has 6 rings (SSSR count). The van der Waals surface area contributed by atoms with E-state index >= 15 is 0 Å². The Morgan fingerprint density at radius 3 is 2.30 bits per heavy atom. The van der Waals surface area contributed by atoms with Crippen LogP contribution >= 0.6 is 0 Å². The minimum Gasteiger partial charge on any atom is -0.371 e. The number of nitrogens with zero attached hydrogens (tertiary/aromatic N) is 5. The molecule has 0 amide bonds. The fourth-order valence-electron chi connectivity index (χ4n) is 5.92. The Morgan fingerprint density at radius 2 is 1.64 bits per heavy atom. The molecule has 0 spiro atoms. The number of piperidine rings is 2. The topological polar surface area (TPSA) is 54.3 Å². The molecule has 0 atom stereocenters. The maximum atomic E-state index is 11.9. The van der Waals surface area contributed by atoms with Crippen LogP contribution in [-0.2, 0) is 0 Å². The lowest BCUT2D eigenvalue weighted by molar-refractivity contribution is 0.111. The van der Waals surface area contributed by atoms with E-state index < -0.39 is 0 Å². The van der Waals surface area contributed by atoms with Crippen molar-refractivity contribution in [1.82, 2.24) is 19.7 Å². The van der Waals surface area contributed by atoms with E-state index in [4.69, 9.17) is 10.1 Å². The van der Waals surface area contributed by atoms with Gasteiger partial charge in [0.1, 0.15) is 5.69 Å². The van der Waals surface area contributed by atoms with Crippen LogP contribution in [0, 0.1) is 0 Å². The van der Waals surface area contributed by atoms with Crippen molar-refractivity contribution in [3.63, 3.8) is 0 Å². The number of aromatic nitrogens is 3. The minimum absolute atomic E-state index is 0.492. The summed E-state index contributed by atoms with van der Waals surface area (Å²) in [5.41, 5.74) is 4.63. The standard InChI is InChI=1S/C27H33N5O/c33-19-21-18-24(31-16-12-22(13-17-31)30-14-5-2-6-15-30)25-26(20-8-7-9-20)29-32(27(25)28-21)23-10-3-1-4-11-23/h1,3-4,10-11,18-20,22H,2,5-9,12-17H2. The normalized spacial score (nSPS) is 20.8. The fourth-order valence-corrected chi connectivity index (χ4v) is 5.92. The van der Waals surface area contributed by atoms with Gasteiger partial charge in [0.05, 0.1) is 22.5 Å². The maximum absolute atomic E-state index is 11.9. The van der Waals surface area contributed by atoms with Crippen LogP contribution in [0.15, 0.2) is 36.4 Å². The average molecular weight is 444 g/mol. The molecule has 0 radical (unpaired) electrons. The molecule has 0 unspecified atom stereocenters. The van der Waals surface area contributed by atoms with Crippen molar-refractivity contribution < 1.29 is 4.79 Å². The van der Waals surface area contributed by atoms with Crippen molar-refractivity contribution >= 4 is 23.0 Å². The van der Waals surface area contributed by atoms with E-state index in [0.717, 1.165) is 41.8 Å². The molecule has 3 aromatic rings. The summed E-state index contributed by atoms with van der Waals surface area (Å²) in [6, 6.07) is 12.9. The van der Waals surface area contributed by atoms with Gasteiger partial charge in [-0.15, -0.1) is 0 Å². The third kappa shape index (κ3) is 3.84. The van der Waals surface area contributed by atoms with E-state index in [0.29, 0.717) is 17.7 Å². The van der Waals surface area contributed by atoms with E-state index in [1.807, 2.05) is 28.9 Å². The van der Waals surface area contributed by atoms with Gasteiger partial charge < -0.3 is 9.80 Å². The predicted molar refractivity (Wildman–Crippen MR) is 132 cm³/mol. The summed E-state index contributed by atoms with van der Waals surface area (Å²) < 4.78 is 1.96. The molecule has 0 N–H and O–H groups in total. The summed E-state index contributed by atoms with van der Waals surface area (Å²) in [5, 5.41) is 6.26. The third-order valence-electron chi connectivity index (χ3n) is 7.99. The zero-order chi connectivity index (χ0) is 22.2. The SMILES string of the molecule is O=Cc1cc(N2CCC(N3CCCCC3)CC2)c2c(C3CCC3)nn(-c3ccccc3)c2n1. The summed E-state index contributed by atoms with van der Waals surface area (Å²) in [4.78, 5) is 21.9. The first-order chi connectivity index (χ1) is 16.3. The number of hydrogen-bond donors (Lipinski definition) is 0. The van der Waals surface area contributed by atoms with Gasteiger partial charge in [-0.05, 0) is 69.8 Å². The predicted octanol–water partition coefficient (Wildman–Crippen LogP) is 4.96. The van der Waals surface area contributed by atoms with Gasteiger partial charge in [-0.1, -0.05) is 31.0 Å². The van der Waals surface area contributed by atoms with E-state index in [2.05, 4.69) is 21.9 Å². The van der Waals surface area contributed by atoms with Gasteiger partial charge >= 0.3 is 0 Å². The Bertz CT molecular complexity index is 1120. The molecule has 3 aliphatic rings. The van der Waals surface area contributed by atoms with Crippen LogP contribution in [0.4, 0.5) is 5.69 Å². The molecule has 1 aromatic carbocycles. The molecule has 2 aromatic heterocycles. The van der Waals surface area contributed by atoms with Crippen molar-refractivity contribution in [3.05, 3.63) is 47.8 Å². The zero-order valence-electron chi connectivity index (χ0n) is 19.3. The Kier molecular flexibility index (Phi) is 5.62. The zero-order valence-corrected chi connectivity index (χ0v) is 19.3. The van der Waals surface area contributed by atoms with Gasteiger partial charge in [0.2, 0.25) is 0 Å². The number of carbonyl (C=O) groups is 1. The quantitative estimate of drug-likeness (QED) is 0.522. The number of fused-ring (bicyclic) bond motifs is 1. The number of carbonyl (C=O) groups excluding carboxylic acids is 1. The first kappa shape index (κ1) is 20.8. The lowest BCUT2D eigenvalue weighted by Gasteiger charge is -2.41. The largest absolute Gasteiger partial charge is 0.371 e. The van der Waals surface area contributed by atoms with Crippen LogP contribution < -0.4 is 4.90 Å². The Hall–Kier alpha value is -2.73. The number of aldehydes is 1. The molecule has 1 saturated carbocycles. The number of benzene rings is 1. The van der Waals surface area contributed by atoms with Crippen LogP contribution in [0.1, 0.15) is 73.5 Å². The van der Waals surface area contributed by atoms with Gasteiger partial charge in [-0.2, -0.15) is 5.10 Å². The number of likely N-dealkylation sites (tertiary alicyclic amines) is 1. The van der Waals surface area contributed by atoms with E-state index in [-0.39, 0.29) is 0 Å². The van der Waals surface area contributed by atoms with E-state index in [9.17, 15) is 4.79 Å². The highest BCUT2D eigenvalue weighted by Gasteiger charge is 2.31. The maximum Gasteiger partial charge on any atom is 0.168 e. The number of pyridine rings is 1. The van der Waals surface area contributed by atoms with Crippen molar-refractivity contribution in [3.8, 4) is 5.69 Å². The van der Waals surface area contributed by atoms with Crippen molar-refractivity contribution in [1.29, 1.82) is 0 Å². The smallest absolute Gasteiger partial charge is 0.168 e. The second kappa shape index (κ2) is 8.90. The molecule has 2 aliphatic heterocycles. The van der Waals surface area contributed by atoms with E-state index in [1.54, 1.807) is 0 Å². The monoisotopic (exact) mass is 443 g/mol. The van der Waals surface area contributed by atoms with Crippen LogP contribution in [0.25, 0.3) is 16.7 Å². The molecule has 6 heteroatoms. The molecular formula is C27H33N5O. The highest BCUT2D eigenvalue weighted by molar-refractivity contribution is 5.96. The number of para-hydroxylation sites is 1. The van der Waals surface area contributed by atoms with Crippen LogP contribution in [0.5, 0.6) is 0 Å². The third-order valence-corrected chi connectivity index (χ3v) is 7.99. The minimum atomic E-state index is 0.492. The van der Waals surface area contributed by atoms with Crippen molar-refractivity contribution in [2.45, 2.75) is 63.3 Å². The second-order valence-corrected chi connectivity index (χ2v) is 9.96. The van der Waals surface area contributed by atoms with Gasteiger partial charge in [0, 0.05) is 25.0 Å². The Balaban J connectivity index is 1.40. The Morgan fingerprint density at radius 1 is 0.879 bits per heavy atom. The molecule has 172 valence electrons. The van der Waals surface area contributed by atoms with E-state index in [1.165, 1.54) is 70.2 Å². The van der Waals surface area contributed by atoms with Crippen LogP contribution in [0.2, 0.25) is 0 Å². The average Bonchev–Trinajstić information content (AvgIpc) is 3.22. The number of anilines is 1. The van der Waals surface area contributed by atoms with Gasteiger partial charge in [-0.25, -0.2) is 9.67 Å². The molecular weight excluding hydrogens is 410 g/mol. The van der Waals surface area contributed by atoms with Gasteiger partial charge in [-0.3, -0.25) is 4.79 Å². The van der Waals surface area contributed by atoms with Gasteiger partial charge in [0.25, 0.3) is 0 Å². The number of hydrogen-bond acceptors (Lipinski definition) is 5. The Labute approximate surface area is 195 Å². The molecule has 1 aliphatic carbocycles. The fraction of sp³-hybridized carbons (Fsp3) is 0.519. The lowest BCUT2D eigenvalue weighted by atomic mass is 9.82. The van der Waals surface area contributed by atoms with Gasteiger partial charge in [0.15, 0.2) is 11.9 Å². The summed E-state index contributed by atoms with van der Waals surface area (Å²) >= 11 is 0. The summed E-state index contributed by atoms with van der Waals surface area (Å²) in [7, 11) is 0. The highest BCUT2D eigenvalue weighted by Crippen LogP contribution is 2.43. The van der Waals surface area contributed by atoms with Crippen LogP contribution in [0.3, 0.4) is 0 Å². The molecule has 0 bridgehead atoms. The van der Waals surface area contributed by atoms with Crippen LogP contribution in [-0.4, -0.2) is 58.2 Å². The van der Waals surface area contributed by atoms with Crippen molar-refractivity contribution in [2.24, 2.45) is 0 Å². The highest BCUT2D eigenvalue weighted by atomic mass is 16.1. The summed E-state index contributed by atoms with van der Waals surface area (Å²) in [6.45, 7) is 4.57. The summed E-state index contributed by atoms with van der Waals surface area (Å²) in [6.07, 6.45) is 11.0. The molecule has 3 fully saturated rings. The van der Waals surface area contributed by atoms with Crippen molar-refractivity contribution in [2.75, 3.05) is 31.1 Å². The molecule has 6 nitrogen and oxygen atoms in total. The first-order valence-electron chi connectivity index (χ1n) is 12.7. The lowest BCUT2D eigenvalue weighted by Crippen LogP contribution is -2.46. The molecule has 2 saturated heterocycles. The first-order valence-corrected chi connectivity index (χ1v) is 12.7. The molecule has 33 heavy (non-hydrogen) atoms. The summed E-state index contributed by atoms with van der Waals surface area (Å²) in [5.74, 6) is 0.492. The molecule has 4 heterocycles. The number of rotatable bonds is 5.